The Balaban J connectivity index is 0.000000151. The standard InChI is InChI=1S/C8H7N3.C6H9N3/c1-6-2-3-7-8(11-6)10-5-4-9-7;1-4-2-3-5(7)6(8)9-4/h2-5H,1H3;2-3H,7H2,1H3,(H2,8,9). The number of pyridine rings is 2. The van der Waals surface area contributed by atoms with Crippen molar-refractivity contribution in [2.75, 3.05) is 11.5 Å². The Kier molecular flexibility index (Phi) is 4.05. The molecule has 0 radical (unpaired) electrons. The summed E-state index contributed by atoms with van der Waals surface area (Å²) in [5.41, 5.74) is 14.7. The highest BCUT2D eigenvalue weighted by molar-refractivity contribution is 5.68. The molecule has 6 nitrogen and oxygen atoms in total. The van der Waals surface area contributed by atoms with Gasteiger partial charge in [-0.3, -0.25) is 4.98 Å². The summed E-state index contributed by atoms with van der Waals surface area (Å²) in [6.07, 6.45) is 3.31. The molecule has 4 N–H and O–H groups in total. The zero-order valence-corrected chi connectivity index (χ0v) is 11.4. The molecule has 6 heteroatoms. The van der Waals surface area contributed by atoms with Crippen LogP contribution >= 0.6 is 0 Å². The second-order valence-corrected chi connectivity index (χ2v) is 4.28. The minimum atomic E-state index is 0.412. The fourth-order valence-corrected chi connectivity index (χ4v) is 1.54. The third-order valence-corrected chi connectivity index (χ3v) is 2.57. The zero-order chi connectivity index (χ0) is 14.5. The molecule has 3 aromatic rings. The van der Waals surface area contributed by atoms with E-state index in [1.165, 1.54) is 0 Å². The van der Waals surface area contributed by atoms with Crippen LogP contribution in [0.4, 0.5) is 11.5 Å². The third kappa shape index (κ3) is 3.38. The van der Waals surface area contributed by atoms with Crippen LogP contribution in [0.25, 0.3) is 11.2 Å². The second kappa shape index (κ2) is 5.92. The van der Waals surface area contributed by atoms with Crippen LogP contribution in [0.15, 0.2) is 36.7 Å². The molecule has 20 heavy (non-hydrogen) atoms. The number of anilines is 2. The van der Waals surface area contributed by atoms with Crippen LogP contribution in [0.5, 0.6) is 0 Å². The summed E-state index contributed by atoms with van der Waals surface area (Å²) in [6.45, 7) is 3.81. The van der Waals surface area contributed by atoms with Crippen LogP contribution in [0.3, 0.4) is 0 Å². The molecule has 0 atom stereocenters. The van der Waals surface area contributed by atoms with Gasteiger partial charge in [0.05, 0.1) is 5.69 Å². The molecule has 102 valence electrons. The minimum absolute atomic E-state index is 0.412. The van der Waals surface area contributed by atoms with E-state index in [1.54, 1.807) is 18.5 Å². The Bertz CT molecular complexity index is 726. The number of nitrogens with two attached hydrogens (primary N) is 2. The molecule has 0 unspecified atom stereocenters. The van der Waals surface area contributed by atoms with E-state index < -0.39 is 0 Å². The highest BCUT2D eigenvalue weighted by atomic mass is 14.9. The van der Waals surface area contributed by atoms with E-state index in [1.807, 2.05) is 32.0 Å². The van der Waals surface area contributed by atoms with Gasteiger partial charge in [-0.15, -0.1) is 0 Å². The molecule has 3 heterocycles. The Hall–Kier alpha value is -2.76. The molecular formula is C14H16N6. The Morgan fingerprint density at radius 2 is 1.45 bits per heavy atom. The molecule has 0 aliphatic heterocycles. The molecular weight excluding hydrogens is 252 g/mol. The predicted octanol–water partition coefficient (Wildman–Crippen LogP) is 1.89. The first kappa shape index (κ1) is 13.7. The van der Waals surface area contributed by atoms with Crippen molar-refractivity contribution in [2.24, 2.45) is 0 Å². The summed E-state index contributed by atoms with van der Waals surface area (Å²) in [5.74, 6) is 0.412. The summed E-state index contributed by atoms with van der Waals surface area (Å²) >= 11 is 0. The van der Waals surface area contributed by atoms with E-state index in [2.05, 4.69) is 19.9 Å². The lowest BCUT2D eigenvalue weighted by Gasteiger charge is -1.97. The van der Waals surface area contributed by atoms with Crippen molar-refractivity contribution in [3.8, 4) is 0 Å². The molecule has 0 aromatic carbocycles. The fraction of sp³-hybridized carbons (Fsp3) is 0.143. The van der Waals surface area contributed by atoms with E-state index in [-0.39, 0.29) is 0 Å². The molecule has 0 spiro atoms. The summed E-state index contributed by atoms with van der Waals surface area (Å²) < 4.78 is 0. The van der Waals surface area contributed by atoms with Crippen LogP contribution in [0, 0.1) is 13.8 Å². The molecule has 0 aliphatic rings. The van der Waals surface area contributed by atoms with Crippen molar-refractivity contribution in [1.29, 1.82) is 0 Å². The quantitative estimate of drug-likeness (QED) is 0.645. The van der Waals surface area contributed by atoms with E-state index in [0.717, 1.165) is 16.9 Å². The largest absolute Gasteiger partial charge is 0.396 e. The molecule has 0 bridgehead atoms. The predicted molar refractivity (Wildman–Crippen MR) is 79.9 cm³/mol. The van der Waals surface area contributed by atoms with Crippen molar-refractivity contribution in [3.05, 3.63) is 48.0 Å². The normalized spacial score (nSPS) is 9.90. The van der Waals surface area contributed by atoms with Gasteiger partial charge in [0.15, 0.2) is 5.65 Å². The maximum absolute atomic E-state index is 5.40. The van der Waals surface area contributed by atoms with Crippen LogP contribution < -0.4 is 11.5 Å². The molecule has 0 aliphatic carbocycles. The first-order valence-electron chi connectivity index (χ1n) is 6.09. The number of nitrogens with zero attached hydrogens (tertiary/aromatic N) is 4. The molecule has 0 amide bonds. The summed E-state index contributed by atoms with van der Waals surface area (Å²) in [5, 5.41) is 0. The van der Waals surface area contributed by atoms with Gasteiger partial charge in [-0.05, 0) is 38.1 Å². The van der Waals surface area contributed by atoms with Gasteiger partial charge in [0.2, 0.25) is 0 Å². The number of aryl methyl sites for hydroxylation is 2. The number of nitrogen functional groups attached to an aromatic ring is 2. The van der Waals surface area contributed by atoms with Gasteiger partial charge in [0, 0.05) is 23.8 Å². The SMILES string of the molecule is Cc1ccc(N)c(N)n1.Cc1ccc2nccnc2n1. The Morgan fingerprint density at radius 3 is 2.15 bits per heavy atom. The van der Waals surface area contributed by atoms with Gasteiger partial charge in [-0.25, -0.2) is 15.0 Å². The first-order valence-corrected chi connectivity index (χ1v) is 6.09. The van der Waals surface area contributed by atoms with Crippen LogP contribution in [-0.4, -0.2) is 19.9 Å². The zero-order valence-electron chi connectivity index (χ0n) is 11.4. The van der Waals surface area contributed by atoms with Crippen LogP contribution in [0.1, 0.15) is 11.4 Å². The number of aromatic nitrogens is 4. The lowest BCUT2D eigenvalue weighted by molar-refractivity contribution is 1.17. The van der Waals surface area contributed by atoms with Crippen LogP contribution in [-0.2, 0) is 0 Å². The van der Waals surface area contributed by atoms with Crippen molar-refractivity contribution >= 4 is 22.7 Å². The third-order valence-electron chi connectivity index (χ3n) is 2.57. The van der Waals surface area contributed by atoms with E-state index >= 15 is 0 Å². The topological polar surface area (TPSA) is 104 Å². The average molecular weight is 268 g/mol. The fourth-order valence-electron chi connectivity index (χ4n) is 1.54. The minimum Gasteiger partial charge on any atom is -0.396 e. The Labute approximate surface area is 116 Å². The van der Waals surface area contributed by atoms with E-state index in [4.69, 9.17) is 11.5 Å². The lowest BCUT2D eigenvalue weighted by atomic mass is 10.3. The maximum atomic E-state index is 5.40. The van der Waals surface area contributed by atoms with Gasteiger partial charge >= 0.3 is 0 Å². The van der Waals surface area contributed by atoms with Gasteiger partial charge in [0.25, 0.3) is 0 Å². The lowest BCUT2D eigenvalue weighted by Crippen LogP contribution is -1.97. The highest BCUT2D eigenvalue weighted by Gasteiger charge is 1.94. The van der Waals surface area contributed by atoms with E-state index in [9.17, 15) is 0 Å². The number of fused-ring (bicyclic) bond motifs is 1. The number of rotatable bonds is 0. The molecule has 3 aromatic heterocycles. The number of hydrogen-bond donors (Lipinski definition) is 2. The van der Waals surface area contributed by atoms with E-state index in [0.29, 0.717) is 17.2 Å². The summed E-state index contributed by atoms with van der Waals surface area (Å²) in [4.78, 5) is 16.3. The maximum Gasteiger partial charge on any atom is 0.178 e. The summed E-state index contributed by atoms with van der Waals surface area (Å²) in [6, 6.07) is 7.42. The van der Waals surface area contributed by atoms with Crippen molar-refractivity contribution < 1.29 is 0 Å². The monoisotopic (exact) mass is 268 g/mol. The molecule has 0 saturated carbocycles. The average Bonchev–Trinajstić information content (AvgIpc) is 2.44. The van der Waals surface area contributed by atoms with Gasteiger partial charge < -0.3 is 11.5 Å². The first-order chi connectivity index (χ1) is 9.56. The smallest absolute Gasteiger partial charge is 0.178 e. The van der Waals surface area contributed by atoms with Gasteiger partial charge in [-0.2, -0.15) is 0 Å². The molecule has 3 rings (SSSR count). The van der Waals surface area contributed by atoms with Gasteiger partial charge in [-0.1, -0.05) is 0 Å². The molecule has 0 fully saturated rings. The highest BCUT2D eigenvalue weighted by Crippen LogP contribution is 2.09. The van der Waals surface area contributed by atoms with Crippen molar-refractivity contribution in [2.45, 2.75) is 13.8 Å². The molecule has 0 saturated heterocycles. The Morgan fingerprint density at radius 1 is 0.800 bits per heavy atom. The number of hydrogen-bond acceptors (Lipinski definition) is 6. The second-order valence-electron chi connectivity index (χ2n) is 4.28. The van der Waals surface area contributed by atoms with Crippen LogP contribution in [0.2, 0.25) is 0 Å². The summed E-state index contributed by atoms with van der Waals surface area (Å²) in [7, 11) is 0. The van der Waals surface area contributed by atoms with Crippen molar-refractivity contribution in [1.82, 2.24) is 19.9 Å². The van der Waals surface area contributed by atoms with Crippen molar-refractivity contribution in [3.63, 3.8) is 0 Å². The van der Waals surface area contributed by atoms with Gasteiger partial charge in [0.1, 0.15) is 11.3 Å².